The third kappa shape index (κ3) is 2.15. The van der Waals surface area contributed by atoms with E-state index in [1.165, 1.54) is 0 Å². The highest BCUT2D eigenvalue weighted by atomic mass is 15.0. The molecule has 1 rings (SSSR count). The van der Waals surface area contributed by atoms with E-state index in [-0.39, 0.29) is 0 Å². The van der Waals surface area contributed by atoms with Crippen molar-refractivity contribution in [3.05, 3.63) is 36.3 Å². The minimum Gasteiger partial charge on any atom is -0.373 e. The second kappa shape index (κ2) is 4.40. The van der Waals surface area contributed by atoms with Gasteiger partial charge in [-0.1, -0.05) is 18.7 Å². The number of aromatic nitrogens is 2. The molecule has 0 aliphatic rings. The molecule has 0 aromatic carbocycles. The molecule has 1 heterocycles. The third-order valence-electron chi connectivity index (χ3n) is 1.72. The maximum Gasteiger partial charge on any atom is 0.136 e. The lowest BCUT2D eigenvalue weighted by molar-refractivity contribution is 1.09. The third-order valence-corrected chi connectivity index (χ3v) is 1.72. The summed E-state index contributed by atoms with van der Waals surface area (Å²) in [7, 11) is 1.84. The molecular formula is C10H13N3. The normalized spacial score (nSPS) is 10.3. The highest BCUT2D eigenvalue weighted by Gasteiger charge is 2.01. The summed E-state index contributed by atoms with van der Waals surface area (Å²) >= 11 is 0. The second-order valence-electron chi connectivity index (χ2n) is 2.57. The molecule has 0 unspecified atom stereocenters. The van der Waals surface area contributed by atoms with Gasteiger partial charge in [0.25, 0.3) is 0 Å². The van der Waals surface area contributed by atoms with Crippen LogP contribution in [0.25, 0.3) is 6.08 Å². The number of nitrogens with zero attached hydrogens (tertiary/aromatic N) is 2. The van der Waals surface area contributed by atoms with Crippen molar-refractivity contribution in [1.82, 2.24) is 9.97 Å². The Balaban J connectivity index is 3.14. The van der Waals surface area contributed by atoms with Gasteiger partial charge in [-0.3, -0.25) is 0 Å². The van der Waals surface area contributed by atoms with Crippen LogP contribution in [0.4, 0.5) is 5.82 Å². The summed E-state index contributed by atoms with van der Waals surface area (Å²) in [6.07, 6.45) is 7.08. The van der Waals surface area contributed by atoms with Crippen LogP contribution in [0.15, 0.2) is 25.1 Å². The van der Waals surface area contributed by atoms with Crippen molar-refractivity contribution in [3.63, 3.8) is 0 Å². The van der Waals surface area contributed by atoms with Gasteiger partial charge in [0.2, 0.25) is 0 Å². The second-order valence-corrected chi connectivity index (χ2v) is 2.57. The minimum absolute atomic E-state index is 0.839. The van der Waals surface area contributed by atoms with Gasteiger partial charge in [0.05, 0.1) is 5.69 Å². The molecule has 0 saturated carbocycles. The zero-order chi connectivity index (χ0) is 9.68. The molecule has 0 radical (unpaired) electrons. The van der Waals surface area contributed by atoms with Crippen molar-refractivity contribution in [2.75, 3.05) is 12.4 Å². The first-order valence-electron chi connectivity index (χ1n) is 4.08. The first kappa shape index (κ1) is 9.45. The zero-order valence-electron chi connectivity index (χ0n) is 7.91. The van der Waals surface area contributed by atoms with Gasteiger partial charge in [-0.15, -0.1) is 0 Å². The molecule has 3 heteroatoms. The predicted octanol–water partition coefficient (Wildman–Crippen LogP) is 2.03. The number of rotatable bonds is 3. The van der Waals surface area contributed by atoms with Crippen molar-refractivity contribution < 1.29 is 0 Å². The molecule has 1 N–H and O–H groups in total. The molecule has 3 nitrogen and oxygen atoms in total. The average Bonchev–Trinajstić information content (AvgIpc) is 2.15. The number of aryl methyl sites for hydroxylation is 1. The summed E-state index contributed by atoms with van der Waals surface area (Å²) in [6.45, 7) is 5.56. The lowest BCUT2D eigenvalue weighted by Gasteiger charge is -2.05. The average molecular weight is 175 g/mol. The molecule has 0 amide bonds. The summed E-state index contributed by atoms with van der Waals surface area (Å²) in [5, 5.41) is 3.01. The monoisotopic (exact) mass is 175 g/mol. The smallest absolute Gasteiger partial charge is 0.136 e. The summed E-state index contributed by atoms with van der Waals surface area (Å²) in [5.41, 5.74) is 1.96. The largest absolute Gasteiger partial charge is 0.373 e. The van der Waals surface area contributed by atoms with E-state index < -0.39 is 0 Å². The number of hydrogen-bond donors (Lipinski definition) is 1. The van der Waals surface area contributed by atoms with Gasteiger partial charge in [-0.2, -0.15) is 0 Å². The van der Waals surface area contributed by atoms with Crippen LogP contribution in [-0.2, 0) is 0 Å². The molecule has 68 valence electrons. The molecule has 0 fully saturated rings. The van der Waals surface area contributed by atoms with Crippen molar-refractivity contribution in [1.29, 1.82) is 0 Å². The molecule has 0 atom stereocenters. The van der Waals surface area contributed by atoms with Gasteiger partial charge in [0, 0.05) is 12.6 Å². The topological polar surface area (TPSA) is 37.8 Å². The van der Waals surface area contributed by atoms with Crippen LogP contribution >= 0.6 is 0 Å². The Hall–Kier alpha value is -1.64. The van der Waals surface area contributed by atoms with E-state index in [0.717, 1.165) is 17.1 Å². The Morgan fingerprint density at radius 2 is 2.23 bits per heavy atom. The summed E-state index contributed by atoms with van der Waals surface area (Å²) in [5.74, 6) is 0.839. The Kier molecular flexibility index (Phi) is 3.20. The summed E-state index contributed by atoms with van der Waals surface area (Å²) < 4.78 is 0. The van der Waals surface area contributed by atoms with E-state index in [9.17, 15) is 0 Å². The Morgan fingerprint density at radius 3 is 2.85 bits per heavy atom. The van der Waals surface area contributed by atoms with Crippen LogP contribution in [0, 0.1) is 6.92 Å². The molecule has 1 aromatic rings. The first-order valence-corrected chi connectivity index (χ1v) is 4.08. The van der Waals surface area contributed by atoms with Gasteiger partial charge in [0.1, 0.15) is 12.1 Å². The van der Waals surface area contributed by atoms with Gasteiger partial charge >= 0.3 is 0 Å². The van der Waals surface area contributed by atoms with E-state index >= 15 is 0 Å². The highest BCUT2D eigenvalue weighted by molar-refractivity contribution is 5.65. The maximum atomic E-state index is 4.10. The predicted molar refractivity (Wildman–Crippen MR) is 55.5 cm³/mol. The first-order chi connectivity index (χ1) is 6.29. The fourth-order valence-corrected chi connectivity index (χ4v) is 1.05. The Bertz CT molecular complexity index is 329. The molecule has 0 spiro atoms. The molecule has 0 bridgehead atoms. The van der Waals surface area contributed by atoms with E-state index in [2.05, 4.69) is 21.9 Å². The van der Waals surface area contributed by atoms with Crippen LogP contribution in [0.3, 0.4) is 0 Å². The summed E-state index contributed by atoms with van der Waals surface area (Å²) in [4.78, 5) is 8.21. The van der Waals surface area contributed by atoms with Gasteiger partial charge < -0.3 is 5.32 Å². The van der Waals surface area contributed by atoms with E-state index in [0.29, 0.717) is 0 Å². The highest BCUT2D eigenvalue weighted by Crippen LogP contribution is 2.15. The van der Waals surface area contributed by atoms with Gasteiger partial charge in [-0.25, -0.2) is 9.97 Å². The molecule has 0 aliphatic heterocycles. The molecular weight excluding hydrogens is 162 g/mol. The number of hydrogen-bond acceptors (Lipinski definition) is 3. The van der Waals surface area contributed by atoms with Crippen molar-refractivity contribution in [2.24, 2.45) is 0 Å². The standard InChI is InChI=1S/C10H13N3/c1-4-5-6-9-8(2)12-7-13-10(9)11-3/h4-7H,1H2,2-3H3,(H,11,12,13)/b6-5-. The van der Waals surface area contributed by atoms with Crippen LogP contribution in [0.5, 0.6) is 0 Å². The molecule has 0 saturated heterocycles. The van der Waals surface area contributed by atoms with Crippen molar-refractivity contribution in [2.45, 2.75) is 6.92 Å². The number of allylic oxidation sites excluding steroid dienone is 2. The van der Waals surface area contributed by atoms with Crippen LogP contribution in [-0.4, -0.2) is 17.0 Å². The fourth-order valence-electron chi connectivity index (χ4n) is 1.05. The van der Waals surface area contributed by atoms with E-state index in [4.69, 9.17) is 0 Å². The number of anilines is 1. The molecule has 1 aromatic heterocycles. The van der Waals surface area contributed by atoms with Crippen LogP contribution in [0.1, 0.15) is 11.3 Å². The quantitative estimate of drug-likeness (QED) is 0.714. The van der Waals surface area contributed by atoms with Gasteiger partial charge in [-0.05, 0) is 13.0 Å². The summed E-state index contributed by atoms with van der Waals surface area (Å²) in [6, 6.07) is 0. The Labute approximate surface area is 78.2 Å². The minimum atomic E-state index is 0.839. The van der Waals surface area contributed by atoms with Crippen LogP contribution < -0.4 is 5.32 Å². The molecule has 0 aliphatic carbocycles. The van der Waals surface area contributed by atoms with Crippen molar-refractivity contribution in [3.8, 4) is 0 Å². The van der Waals surface area contributed by atoms with Crippen molar-refractivity contribution >= 4 is 11.9 Å². The maximum absolute atomic E-state index is 4.10. The zero-order valence-corrected chi connectivity index (χ0v) is 7.91. The Morgan fingerprint density at radius 1 is 1.46 bits per heavy atom. The van der Waals surface area contributed by atoms with Gasteiger partial charge in [0.15, 0.2) is 0 Å². The number of nitrogens with one attached hydrogen (secondary N) is 1. The SMILES string of the molecule is C=C/C=C\c1c(C)ncnc1NC. The lowest BCUT2D eigenvalue weighted by atomic mass is 10.2. The van der Waals surface area contributed by atoms with Crippen LogP contribution in [0.2, 0.25) is 0 Å². The fraction of sp³-hybridized carbons (Fsp3) is 0.200. The van der Waals surface area contributed by atoms with E-state index in [1.54, 1.807) is 12.4 Å². The van der Waals surface area contributed by atoms with E-state index in [1.807, 2.05) is 26.1 Å². The lowest BCUT2D eigenvalue weighted by Crippen LogP contribution is -1.98. The molecule has 13 heavy (non-hydrogen) atoms.